The van der Waals surface area contributed by atoms with Crippen molar-refractivity contribution in [1.29, 1.82) is 0 Å². The van der Waals surface area contributed by atoms with Gasteiger partial charge in [-0.05, 0) is 0 Å². The topological polar surface area (TPSA) is 135 Å². The van der Waals surface area contributed by atoms with Crippen LogP contribution in [0.4, 0.5) is 0 Å². The van der Waals surface area contributed by atoms with Crippen molar-refractivity contribution < 1.29 is 35.1 Å². The molecule has 0 saturated heterocycles. The summed E-state index contributed by atoms with van der Waals surface area (Å²) in [4.78, 5) is 18.2. The molecule has 13 heavy (non-hydrogen) atoms. The van der Waals surface area contributed by atoms with Crippen LogP contribution in [0.25, 0.3) is 0 Å². The molecule has 0 rings (SSSR count). The first kappa shape index (κ1) is 14.8. The maximum Gasteiger partial charge on any atom is 0.414 e. The minimum atomic E-state index is -2.54. The molecule has 0 aliphatic carbocycles. The third kappa shape index (κ3) is 11.2. The Morgan fingerprint density at radius 3 is 1.31 bits per heavy atom. The van der Waals surface area contributed by atoms with Gasteiger partial charge in [-0.1, -0.05) is 6.92 Å². The number of hydrogen-bond donors (Lipinski definition) is 5. The minimum Gasteiger partial charge on any atom is -0.473 e. The van der Waals surface area contributed by atoms with Crippen molar-refractivity contribution in [3.63, 3.8) is 0 Å². The zero-order valence-electron chi connectivity index (χ0n) is 6.71. The van der Waals surface area contributed by atoms with Gasteiger partial charge < -0.3 is 25.5 Å². The lowest BCUT2D eigenvalue weighted by Gasteiger charge is -2.16. The first-order chi connectivity index (χ1) is 5.59. The first-order valence-electron chi connectivity index (χ1n) is 2.98. The Kier molecular flexibility index (Phi) is 6.61. The van der Waals surface area contributed by atoms with Crippen molar-refractivity contribution in [2.45, 2.75) is 18.6 Å². The van der Waals surface area contributed by atoms with Crippen molar-refractivity contribution in [1.82, 2.24) is 0 Å². The molecule has 7 nitrogen and oxygen atoms in total. The normalized spacial score (nSPS) is 12.4. The number of carboxylic acid groups (broad SMARTS) is 2. The highest BCUT2D eigenvalue weighted by Crippen LogP contribution is 2.09. The molecule has 0 aromatic carbocycles. The van der Waals surface area contributed by atoms with Gasteiger partial charge in [0.15, 0.2) is 0 Å². The summed E-state index contributed by atoms with van der Waals surface area (Å²) in [5.74, 6) is -6.19. The van der Waals surface area contributed by atoms with Gasteiger partial charge in [0.1, 0.15) is 0 Å². The predicted molar refractivity (Wildman–Crippen MR) is 43.8 cm³/mol. The Hall–Kier alpha value is -0.750. The quantitative estimate of drug-likeness (QED) is 0.194. The highest BCUT2D eigenvalue weighted by molar-refractivity contribution is 7.17. The van der Waals surface area contributed by atoms with Gasteiger partial charge >= 0.3 is 11.9 Å². The van der Waals surface area contributed by atoms with Gasteiger partial charge in [-0.25, -0.2) is 9.59 Å². The summed E-state index contributed by atoms with van der Waals surface area (Å²) in [5, 5.41) is 39.3. The number of rotatable bonds is 1. The van der Waals surface area contributed by atoms with Crippen LogP contribution in [0.1, 0.15) is 6.92 Å². The molecule has 0 aromatic heterocycles. The van der Waals surface area contributed by atoms with Gasteiger partial charge in [0.2, 0.25) is 0 Å². The average molecular weight is 214 g/mol. The molecule has 5 N–H and O–H groups in total. The second-order valence-corrected chi connectivity index (χ2v) is 3.09. The Morgan fingerprint density at radius 2 is 1.31 bits per heavy atom. The van der Waals surface area contributed by atoms with Crippen LogP contribution in [0.15, 0.2) is 0 Å². The SMILES string of the molecule is CC(P)C(O)(O)O.O=C(O)C(=O)O. The zero-order valence-corrected chi connectivity index (χ0v) is 7.86. The summed E-state index contributed by atoms with van der Waals surface area (Å²) in [6.45, 7) is 1.46. The number of carbonyl (C=O) groups is 2. The molecule has 0 aliphatic heterocycles. The Balaban J connectivity index is 0. The molecule has 0 amide bonds. The summed E-state index contributed by atoms with van der Waals surface area (Å²) in [5.41, 5.74) is -0.618. The van der Waals surface area contributed by atoms with Crippen molar-refractivity contribution in [3.8, 4) is 0 Å². The van der Waals surface area contributed by atoms with Crippen molar-refractivity contribution >= 4 is 21.2 Å². The highest BCUT2D eigenvalue weighted by atomic mass is 31.0. The van der Waals surface area contributed by atoms with Gasteiger partial charge in [0, 0.05) is 0 Å². The molecule has 0 saturated carbocycles. The lowest BCUT2D eigenvalue weighted by Crippen LogP contribution is -2.35. The Bertz CT molecular complexity index is 170. The second kappa shape index (κ2) is 5.82. The molecule has 0 heterocycles. The van der Waals surface area contributed by atoms with E-state index in [-0.39, 0.29) is 0 Å². The van der Waals surface area contributed by atoms with E-state index in [1.165, 1.54) is 6.92 Å². The summed E-state index contributed by atoms with van der Waals surface area (Å²) < 4.78 is 0. The smallest absolute Gasteiger partial charge is 0.414 e. The molecule has 0 aliphatic rings. The fourth-order valence-electron chi connectivity index (χ4n) is 0. The molecule has 0 aromatic rings. The Morgan fingerprint density at radius 1 is 1.15 bits per heavy atom. The van der Waals surface area contributed by atoms with Crippen LogP contribution < -0.4 is 0 Å². The molecule has 0 spiro atoms. The zero-order chi connectivity index (χ0) is 11.2. The molecular formula is C5H11O7P. The monoisotopic (exact) mass is 214 g/mol. The molecule has 2 unspecified atom stereocenters. The lowest BCUT2D eigenvalue weighted by molar-refractivity contribution is -0.308. The summed E-state index contributed by atoms with van der Waals surface area (Å²) >= 11 is 0. The van der Waals surface area contributed by atoms with Crippen LogP contribution in [0.2, 0.25) is 0 Å². The van der Waals surface area contributed by atoms with Crippen LogP contribution >= 0.6 is 9.24 Å². The van der Waals surface area contributed by atoms with Gasteiger partial charge in [-0.2, -0.15) is 0 Å². The number of aliphatic hydroxyl groups is 3. The Labute approximate surface area is 75.8 Å². The molecule has 8 heteroatoms. The summed E-state index contributed by atoms with van der Waals surface area (Å²) in [6, 6.07) is 0. The van der Waals surface area contributed by atoms with Gasteiger partial charge in [0.05, 0.1) is 5.66 Å². The van der Waals surface area contributed by atoms with Gasteiger partial charge in [-0.15, -0.1) is 9.24 Å². The van der Waals surface area contributed by atoms with E-state index >= 15 is 0 Å². The largest absolute Gasteiger partial charge is 0.473 e. The fourth-order valence-corrected chi connectivity index (χ4v) is 0. The number of hydrogen-bond acceptors (Lipinski definition) is 5. The van der Waals surface area contributed by atoms with E-state index in [1.807, 2.05) is 0 Å². The van der Waals surface area contributed by atoms with Gasteiger partial charge in [0.25, 0.3) is 5.97 Å². The highest BCUT2D eigenvalue weighted by Gasteiger charge is 2.22. The maximum absolute atomic E-state index is 9.10. The molecule has 2 atom stereocenters. The molecule has 78 valence electrons. The lowest BCUT2D eigenvalue weighted by atomic mass is 10.4. The van der Waals surface area contributed by atoms with Crippen LogP contribution in [-0.2, 0) is 9.59 Å². The van der Waals surface area contributed by atoms with Crippen LogP contribution in [0.5, 0.6) is 0 Å². The minimum absolute atomic E-state index is 0.618. The van der Waals surface area contributed by atoms with Crippen molar-refractivity contribution in [3.05, 3.63) is 0 Å². The third-order valence-corrected chi connectivity index (χ3v) is 1.24. The van der Waals surface area contributed by atoms with Crippen LogP contribution in [0, 0.1) is 0 Å². The van der Waals surface area contributed by atoms with E-state index in [2.05, 4.69) is 9.24 Å². The van der Waals surface area contributed by atoms with Crippen molar-refractivity contribution in [2.75, 3.05) is 0 Å². The molecular weight excluding hydrogens is 203 g/mol. The summed E-state index contributed by atoms with van der Waals surface area (Å²) in [6.07, 6.45) is 0. The molecule has 0 radical (unpaired) electrons. The maximum atomic E-state index is 9.10. The van der Waals surface area contributed by atoms with E-state index in [0.717, 1.165) is 0 Å². The van der Waals surface area contributed by atoms with E-state index in [9.17, 15) is 0 Å². The molecule has 0 bridgehead atoms. The predicted octanol–water partition coefficient (Wildman–Crippen LogP) is -1.96. The first-order valence-corrected chi connectivity index (χ1v) is 3.64. The van der Waals surface area contributed by atoms with Crippen LogP contribution in [-0.4, -0.2) is 49.1 Å². The van der Waals surface area contributed by atoms with E-state index in [4.69, 9.17) is 35.1 Å². The molecule has 0 fully saturated rings. The van der Waals surface area contributed by atoms with E-state index in [0.29, 0.717) is 0 Å². The summed E-state index contributed by atoms with van der Waals surface area (Å²) in [7, 11) is 2.05. The van der Waals surface area contributed by atoms with Crippen molar-refractivity contribution in [2.24, 2.45) is 0 Å². The number of carboxylic acids is 2. The fraction of sp³-hybridized carbons (Fsp3) is 0.600. The number of aliphatic carboxylic acids is 2. The van der Waals surface area contributed by atoms with Crippen LogP contribution in [0.3, 0.4) is 0 Å². The van der Waals surface area contributed by atoms with Gasteiger partial charge in [-0.3, -0.25) is 0 Å². The second-order valence-electron chi connectivity index (χ2n) is 2.09. The van der Waals surface area contributed by atoms with E-state index < -0.39 is 23.6 Å². The average Bonchev–Trinajstić information content (AvgIpc) is 1.86. The third-order valence-electron chi connectivity index (χ3n) is 0.794. The standard InChI is InChI=1S/C3H9O3P.C2H2O4/c1-2(7)3(4,5)6;3-1(4)2(5)6/h2,4-6H,7H2,1H3;(H,3,4)(H,5,6). The van der Waals surface area contributed by atoms with E-state index in [1.54, 1.807) is 0 Å².